The number of hydrogen-bond donors (Lipinski definition) is 0. The third-order valence-electron chi connectivity index (χ3n) is 10.2. The Hall–Kier alpha value is -4.79. The van der Waals surface area contributed by atoms with Crippen molar-refractivity contribution >= 4 is 75.2 Å². The molecular formula is C48H41O3S4+. The minimum Gasteiger partial charge on any atom is -0.446 e. The van der Waals surface area contributed by atoms with Gasteiger partial charge in [0.25, 0.3) is 0 Å². The van der Waals surface area contributed by atoms with Crippen molar-refractivity contribution in [3.05, 3.63) is 160 Å². The molecule has 3 aromatic heterocycles. The largest absolute Gasteiger partial charge is 0.446 e. The molecular weight excluding hydrogens is 753 g/mol. The van der Waals surface area contributed by atoms with E-state index in [1.54, 1.807) is 34.0 Å². The van der Waals surface area contributed by atoms with Gasteiger partial charge in [-0.05, 0) is 115 Å². The Morgan fingerprint density at radius 1 is 0.491 bits per heavy atom. The summed E-state index contributed by atoms with van der Waals surface area (Å²) in [5.41, 5.74) is 7.01. The van der Waals surface area contributed by atoms with Crippen molar-refractivity contribution in [2.45, 2.75) is 63.0 Å². The van der Waals surface area contributed by atoms with Crippen LogP contribution in [-0.2, 0) is 10.9 Å². The van der Waals surface area contributed by atoms with E-state index in [0.717, 1.165) is 61.1 Å². The van der Waals surface area contributed by atoms with Crippen LogP contribution in [0.1, 0.15) is 42.5 Å². The molecule has 0 fully saturated rings. The monoisotopic (exact) mass is 793 g/mol. The predicted molar refractivity (Wildman–Crippen MR) is 237 cm³/mol. The summed E-state index contributed by atoms with van der Waals surface area (Å²) in [5.74, 6) is 2.86. The number of allylic oxidation sites excluding steroid dienone is 2. The molecule has 1 unspecified atom stereocenters. The highest BCUT2D eigenvalue weighted by Crippen LogP contribution is 2.45. The molecule has 274 valence electrons. The SMILES string of the molecule is CC1=CC([S+](c2cc(C)c(Oc3cc4ccccc4s3)c(C)c2)c2cc(C)c(Oc3cc4ccccc4s3)c(C)c2)CC(C)=C1Oc1cc2ccccc2s1. The summed E-state index contributed by atoms with van der Waals surface area (Å²) in [6.07, 6.45) is 3.36. The summed E-state index contributed by atoms with van der Waals surface area (Å²) < 4.78 is 23.7. The summed E-state index contributed by atoms with van der Waals surface area (Å²) in [4.78, 5) is 2.62. The normalized spacial score (nSPS) is 14.7. The first-order valence-corrected chi connectivity index (χ1v) is 22.2. The predicted octanol–water partition coefficient (Wildman–Crippen LogP) is 15.3. The van der Waals surface area contributed by atoms with Crippen molar-refractivity contribution in [1.29, 1.82) is 0 Å². The van der Waals surface area contributed by atoms with E-state index in [9.17, 15) is 0 Å². The molecule has 3 nitrogen and oxygen atoms in total. The van der Waals surface area contributed by atoms with Crippen LogP contribution in [0.2, 0.25) is 0 Å². The number of thiophene rings is 3. The highest BCUT2D eigenvalue weighted by Gasteiger charge is 2.39. The van der Waals surface area contributed by atoms with Gasteiger partial charge in [0.2, 0.25) is 0 Å². The van der Waals surface area contributed by atoms with Crippen molar-refractivity contribution < 1.29 is 14.2 Å². The first kappa shape index (κ1) is 35.9. The lowest BCUT2D eigenvalue weighted by molar-refractivity contribution is 0.435. The Bertz CT molecular complexity index is 2540. The Balaban J connectivity index is 1.08. The fourth-order valence-electron chi connectivity index (χ4n) is 7.67. The van der Waals surface area contributed by atoms with E-state index < -0.39 is 0 Å². The molecule has 3 heterocycles. The van der Waals surface area contributed by atoms with Gasteiger partial charge in [-0.2, -0.15) is 0 Å². The van der Waals surface area contributed by atoms with Crippen LogP contribution in [0.3, 0.4) is 0 Å². The van der Waals surface area contributed by atoms with Gasteiger partial charge in [-0.3, -0.25) is 0 Å². The number of hydrogen-bond acceptors (Lipinski definition) is 6. The molecule has 8 aromatic rings. The van der Waals surface area contributed by atoms with E-state index in [0.29, 0.717) is 0 Å². The van der Waals surface area contributed by atoms with Gasteiger partial charge in [0.05, 0.1) is 10.9 Å². The first-order chi connectivity index (χ1) is 26.7. The maximum Gasteiger partial charge on any atom is 0.182 e. The highest BCUT2D eigenvalue weighted by molar-refractivity contribution is 7.97. The second-order valence-electron chi connectivity index (χ2n) is 14.4. The molecule has 0 bridgehead atoms. The van der Waals surface area contributed by atoms with Gasteiger partial charge in [-0.15, -0.1) is 0 Å². The van der Waals surface area contributed by atoms with E-state index >= 15 is 0 Å². The number of aryl methyl sites for hydroxylation is 4. The van der Waals surface area contributed by atoms with E-state index in [-0.39, 0.29) is 16.1 Å². The first-order valence-electron chi connectivity index (χ1n) is 18.5. The van der Waals surface area contributed by atoms with Gasteiger partial charge in [0, 0.05) is 63.0 Å². The van der Waals surface area contributed by atoms with Gasteiger partial charge in [0.15, 0.2) is 30.2 Å². The zero-order valence-corrected chi connectivity index (χ0v) is 35.0. The maximum atomic E-state index is 6.67. The van der Waals surface area contributed by atoms with Crippen LogP contribution in [0.25, 0.3) is 30.3 Å². The van der Waals surface area contributed by atoms with Crippen molar-refractivity contribution in [1.82, 2.24) is 0 Å². The Morgan fingerprint density at radius 3 is 1.25 bits per heavy atom. The number of benzene rings is 5. The van der Waals surface area contributed by atoms with Crippen LogP contribution in [-0.4, -0.2) is 5.25 Å². The van der Waals surface area contributed by atoms with Crippen molar-refractivity contribution in [3.63, 3.8) is 0 Å². The van der Waals surface area contributed by atoms with E-state index in [1.165, 1.54) is 51.2 Å². The van der Waals surface area contributed by atoms with Crippen molar-refractivity contribution in [2.24, 2.45) is 0 Å². The molecule has 5 aromatic carbocycles. The molecule has 0 amide bonds. The molecule has 1 atom stereocenters. The molecule has 0 saturated heterocycles. The van der Waals surface area contributed by atoms with Gasteiger partial charge in [-0.25, -0.2) is 0 Å². The summed E-state index contributed by atoms with van der Waals surface area (Å²) in [7, 11) is -0.298. The van der Waals surface area contributed by atoms with Crippen LogP contribution in [0, 0.1) is 27.7 Å². The Labute approximate surface area is 337 Å². The Kier molecular flexibility index (Phi) is 9.59. The standard InChI is InChI=1S/C48H41O3S4/c1-28-19-37(20-29(2)46(28)49-43-25-34-13-7-10-16-40(34)52-43)55(38-21-30(3)47(31(4)22-38)50-44-26-35-14-8-11-17-41(35)53-44)39-23-32(5)48(33(6)24-39)51-45-27-36-15-9-12-18-42(36)54-45/h7-23,25-27,39H,24H2,1-6H3/q+1. The summed E-state index contributed by atoms with van der Waals surface area (Å²) in [5, 5.41) is 6.64. The molecule has 0 N–H and O–H groups in total. The van der Waals surface area contributed by atoms with E-state index in [4.69, 9.17) is 14.2 Å². The quantitative estimate of drug-likeness (QED) is 0.136. The average molecular weight is 794 g/mol. The lowest BCUT2D eigenvalue weighted by Gasteiger charge is -2.25. The molecule has 0 radical (unpaired) electrons. The van der Waals surface area contributed by atoms with Gasteiger partial charge in [0.1, 0.15) is 17.3 Å². The average Bonchev–Trinajstić information content (AvgIpc) is 3.89. The van der Waals surface area contributed by atoms with Crippen LogP contribution >= 0.6 is 34.0 Å². The van der Waals surface area contributed by atoms with Crippen LogP contribution in [0.4, 0.5) is 0 Å². The zero-order chi connectivity index (χ0) is 37.8. The van der Waals surface area contributed by atoms with E-state index in [1.807, 2.05) is 0 Å². The minimum absolute atomic E-state index is 0.246. The smallest absolute Gasteiger partial charge is 0.182 e. The fourth-order valence-corrected chi connectivity index (χ4v) is 13.4. The minimum atomic E-state index is -0.298. The topological polar surface area (TPSA) is 27.7 Å². The summed E-state index contributed by atoms with van der Waals surface area (Å²) >= 11 is 5.09. The van der Waals surface area contributed by atoms with Crippen LogP contribution in [0.15, 0.2) is 148 Å². The van der Waals surface area contributed by atoms with Crippen molar-refractivity contribution in [2.75, 3.05) is 0 Å². The molecule has 1 aliphatic rings. The molecule has 0 aliphatic heterocycles. The molecule has 55 heavy (non-hydrogen) atoms. The lowest BCUT2D eigenvalue weighted by atomic mass is 9.99. The lowest BCUT2D eigenvalue weighted by Crippen LogP contribution is -2.25. The molecule has 1 aliphatic carbocycles. The molecule has 0 saturated carbocycles. The van der Waals surface area contributed by atoms with Gasteiger partial charge >= 0.3 is 0 Å². The molecule has 7 heteroatoms. The summed E-state index contributed by atoms with van der Waals surface area (Å²) in [6.45, 7) is 13.2. The summed E-state index contributed by atoms with van der Waals surface area (Å²) in [6, 6.07) is 41.3. The molecule has 9 rings (SSSR count). The Morgan fingerprint density at radius 2 is 0.873 bits per heavy atom. The number of ether oxygens (including phenoxy) is 3. The zero-order valence-electron chi connectivity index (χ0n) is 31.7. The third kappa shape index (κ3) is 7.11. The maximum absolute atomic E-state index is 6.67. The van der Waals surface area contributed by atoms with Crippen molar-refractivity contribution in [3.8, 4) is 26.7 Å². The van der Waals surface area contributed by atoms with Gasteiger partial charge in [-0.1, -0.05) is 88.6 Å². The van der Waals surface area contributed by atoms with Gasteiger partial charge < -0.3 is 14.2 Å². The van der Waals surface area contributed by atoms with Crippen LogP contribution in [0.5, 0.6) is 26.7 Å². The number of fused-ring (bicyclic) bond motifs is 3. The molecule has 0 spiro atoms. The fraction of sp³-hybridized carbons (Fsp3) is 0.167. The third-order valence-corrected chi connectivity index (χ3v) is 15.6. The second-order valence-corrected chi connectivity index (χ2v) is 19.8. The second kappa shape index (κ2) is 14.7. The van der Waals surface area contributed by atoms with E-state index in [2.05, 4.69) is 163 Å². The number of rotatable bonds is 9. The highest BCUT2D eigenvalue weighted by atomic mass is 32.2. The van der Waals surface area contributed by atoms with Crippen LogP contribution < -0.4 is 14.2 Å².